The molecule has 0 heterocycles. The van der Waals surface area contributed by atoms with Gasteiger partial charge in [0, 0.05) is 18.7 Å². The summed E-state index contributed by atoms with van der Waals surface area (Å²) in [6, 6.07) is 4.07. The highest BCUT2D eigenvalue weighted by Gasteiger charge is 2.17. The first-order chi connectivity index (χ1) is 9.63. The lowest BCUT2D eigenvalue weighted by Gasteiger charge is -2.22. The normalized spacial score (nSPS) is 9.80. The summed E-state index contributed by atoms with van der Waals surface area (Å²) < 4.78 is 13.3. The summed E-state index contributed by atoms with van der Waals surface area (Å²) in [5.41, 5.74) is 6.17. The molecule has 4 heteroatoms. The predicted molar refractivity (Wildman–Crippen MR) is 78.8 cm³/mol. The van der Waals surface area contributed by atoms with E-state index >= 15 is 0 Å². The van der Waals surface area contributed by atoms with Gasteiger partial charge in [-0.15, -0.1) is 0 Å². The number of carbonyl (C=O) groups excluding carboxylic acids is 1. The molecule has 0 aliphatic heterocycles. The van der Waals surface area contributed by atoms with Crippen LogP contribution in [-0.4, -0.2) is 30.4 Å². The average Bonchev–Trinajstić information content (AvgIpc) is 2.44. The number of nitrogens with two attached hydrogens (primary N) is 1. The number of carbonyl (C=O) groups is 1. The van der Waals surface area contributed by atoms with Crippen LogP contribution in [0.5, 0.6) is 0 Å². The fourth-order valence-corrected chi connectivity index (χ4v) is 1.98. The zero-order valence-electron chi connectivity index (χ0n) is 12.1. The zero-order valence-corrected chi connectivity index (χ0v) is 12.1. The minimum Gasteiger partial charge on any atom is -0.339 e. The van der Waals surface area contributed by atoms with Gasteiger partial charge in [-0.3, -0.25) is 4.79 Å². The van der Waals surface area contributed by atoms with Gasteiger partial charge in [0.15, 0.2) is 0 Å². The first-order valence-corrected chi connectivity index (χ1v) is 6.91. The maximum absolute atomic E-state index is 13.3. The first-order valence-electron chi connectivity index (χ1n) is 6.91. The number of benzene rings is 1. The highest BCUT2D eigenvalue weighted by molar-refractivity contribution is 5.96. The van der Waals surface area contributed by atoms with Crippen molar-refractivity contribution in [3.8, 4) is 11.8 Å². The maximum atomic E-state index is 13.3. The van der Waals surface area contributed by atoms with E-state index in [0.717, 1.165) is 12.8 Å². The third kappa shape index (κ3) is 4.36. The van der Waals surface area contributed by atoms with Crippen molar-refractivity contribution >= 4 is 5.91 Å². The molecule has 2 N–H and O–H groups in total. The van der Waals surface area contributed by atoms with Crippen molar-refractivity contribution in [2.45, 2.75) is 26.7 Å². The summed E-state index contributed by atoms with van der Waals surface area (Å²) in [7, 11) is 0. The fourth-order valence-electron chi connectivity index (χ4n) is 1.98. The van der Waals surface area contributed by atoms with E-state index in [2.05, 4.69) is 11.8 Å². The third-order valence-electron chi connectivity index (χ3n) is 2.81. The van der Waals surface area contributed by atoms with Crippen molar-refractivity contribution in [2.24, 2.45) is 5.73 Å². The van der Waals surface area contributed by atoms with Gasteiger partial charge in [-0.2, -0.15) is 0 Å². The van der Waals surface area contributed by atoms with Crippen LogP contribution in [0.2, 0.25) is 0 Å². The van der Waals surface area contributed by atoms with Gasteiger partial charge < -0.3 is 10.6 Å². The van der Waals surface area contributed by atoms with E-state index in [1.165, 1.54) is 18.2 Å². The minimum absolute atomic E-state index is 0.102. The Morgan fingerprint density at radius 3 is 2.50 bits per heavy atom. The van der Waals surface area contributed by atoms with Gasteiger partial charge in [-0.25, -0.2) is 4.39 Å². The molecule has 0 bridgehead atoms. The van der Waals surface area contributed by atoms with E-state index in [1.807, 2.05) is 13.8 Å². The van der Waals surface area contributed by atoms with E-state index in [-0.39, 0.29) is 12.5 Å². The molecule has 0 saturated carbocycles. The van der Waals surface area contributed by atoms with Crippen LogP contribution in [0.15, 0.2) is 18.2 Å². The number of hydrogen-bond acceptors (Lipinski definition) is 2. The van der Waals surface area contributed by atoms with Crippen molar-refractivity contribution < 1.29 is 9.18 Å². The molecule has 3 nitrogen and oxygen atoms in total. The second-order valence-corrected chi connectivity index (χ2v) is 4.49. The lowest BCUT2D eigenvalue weighted by Crippen LogP contribution is -2.33. The minimum atomic E-state index is -0.402. The summed E-state index contributed by atoms with van der Waals surface area (Å²) in [4.78, 5) is 14.3. The predicted octanol–water partition coefficient (Wildman–Crippen LogP) is 2.40. The Kier molecular flexibility index (Phi) is 6.75. The van der Waals surface area contributed by atoms with Gasteiger partial charge >= 0.3 is 0 Å². The van der Waals surface area contributed by atoms with E-state index in [4.69, 9.17) is 5.73 Å². The Morgan fingerprint density at radius 2 is 1.95 bits per heavy atom. The lowest BCUT2D eigenvalue weighted by atomic mass is 10.1. The van der Waals surface area contributed by atoms with Gasteiger partial charge in [0.1, 0.15) is 5.82 Å². The van der Waals surface area contributed by atoms with Crippen LogP contribution < -0.4 is 5.73 Å². The Bertz CT molecular complexity index is 511. The quantitative estimate of drug-likeness (QED) is 0.839. The number of amides is 1. The van der Waals surface area contributed by atoms with E-state index in [1.54, 1.807) is 4.90 Å². The molecule has 1 rings (SSSR count). The van der Waals surface area contributed by atoms with Crippen LogP contribution in [0.25, 0.3) is 0 Å². The lowest BCUT2D eigenvalue weighted by molar-refractivity contribution is 0.0755. The van der Waals surface area contributed by atoms with Gasteiger partial charge in [-0.05, 0) is 31.0 Å². The third-order valence-corrected chi connectivity index (χ3v) is 2.81. The van der Waals surface area contributed by atoms with Crippen molar-refractivity contribution in [1.29, 1.82) is 0 Å². The summed E-state index contributed by atoms with van der Waals surface area (Å²) in [5.74, 6) is 4.94. The highest BCUT2D eigenvalue weighted by atomic mass is 19.1. The van der Waals surface area contributed by atoms with Crippen molar-refractivity contribution in [2.75, 3.05) is 19.6 Å². The molecule has 1 amide bonds. The SMILES string of the molecule is CCCN(CCC)C(=O)c1ccc(F)cc1C#CCN. The van der Waals surface area contributed by atoms with Crippen LogP contribution in [0.4, 0.5) is 4.39 Å². The second-order valence-electron chi connectivity index (χ2n) is 4.49. The monoisotopic (exact) mass is 276 g/mol. The maximum Gasteiger partial charge on any atom is 0.255 e. The number of halogens is 1. The van der Waals surface area contributed by atoms with E-state index in [0.29, 0.717) is 24.2 Å². The first kappa shape index (κ1) is 16.2. The summed E-state index contributed by atoms with van der Waals surface area (Å²) >= 11 is 0. The van der Waals surface area contributed by atoms with Crippen LogP contribution in [0.3, 0.4) is 0 Å². The standard InChI is InChI=1S/C16H21FN2O/c1-3-10-19(11-4-2)16(20)15-8-7-14(17)12-13(15)6-5-9-18/h7-8,12H,3-4,9-11,18H2,1-2H3. The molecule has 0 fully saturated rings. The molecule has 0 saturated heterocycles. The molecule has 0 spiro atoms. The smallest absolute Gasteiger partial charge is 0.255 e. The molecule has 0 radical (unpaired) electrons. The molecular weight excluding hydrogens is 255 g/mol. The van der Waals surface area contributed by atoms with Crippen LogP contribution >= 0.6 is 0 Å². The van der Waals surface area contributed by atoms with Crippen molar-refractivity contribution in [3.05, 3.63) is 35.1 Å². The summed E-state index contributed by atoms with van der Waals surface area (Å²) in [6.45, 7) is 5.60. The van der Waals surface area contributed by atoms with Gasteiger partial charge in [-0.1, -0.05) is 25.7 Å². The van der Waals surface area contributed by atoms with E-state index in [9.17, 15) is 9.18 Å². The molecule has 0 atom stereocenters. The summed E-state index contributed by atoms with van der Waals surface area (Å²) in [6.07, 6.45) is 1.77. The van der Waals surface area contributed by atoms with E-state index < -0.39 is 5.82 Å². The average molecular weight is 276 g/mol. The number of hydrogen-bond donors (Lipinski definition) is 1. The molecule has 0 unspecified atom stereocenters. The molecule has 1 aromatic rings. The van der Waals surface area contributed by atoms with Crippen LogP contribution in [-0.2, 0) is 0 Å². The molecule has 20 heavy (non-hydrogen) atoms. The summed E-state index contributed by atoms with van der Waals surface area (Å²) in [5, 5.41) is 0. The molecular formula is C16H21FN2O. The van der Waals surface area contributed by atoms with Gasteiger partial charge in [0.25, 0.3) is 5.91 Å². The Hall–Kier alpha value is -1.86. The van der Waals surface area contributed by atoms with Gasteiger partial charge in [0.2, 0.25) is 0 Å². The largest absolute Gasteiger partial charge is 0.339 e. The molecule has 0 aliphatic carbocycles. The molecule has 108 valence electrons. The fraction of sp³-hybridized carbons (Fsp3) is 0.438. The Labute approximate surface area is 120 Å². The van der Waals surface area contributed by atoms with Crippen LogP contribution in [0, 0.1) is 17.7 Å². The second kappa shape index (κ2) is 8.34. The molecule has 1 aromatic carbocycles. The number of nitrogens with zero attached hydrogens (tertiary/aromatic N) is 1. The molecule has 0 aromatic heterocycles. The van der Waals surface area contributed by atoms with Crippen molar-refractivity contribution in [1.82, 2.24) is 4.90 Å². The topological polar surface area (TPSA) is 46.3 Å². The number of rotatable bonds is 5. The van der Waals surface area contributed by atoms with Crippen LogP contribution in [0.1, 0.15) is 42.6 Å². The zero-order chi connectivity index (χ0) is 15.0. The Morgan fingerprint density at radius 1 is 1.30 bits per heavy atom. The Balaban J connectivity index is 3.12. The molecule has 0 aliphatic rings. The van der Waals surface area contributed by atoms with Gasteiger partial charge in [0.05, 0.1) is 12.1 Å². The van der Waals surface area contributed by atoms with Crippen molar-refractivity contribution in [3.63, 3.8) is 0 Å². The highest BCUT2D eigenvalue weighted by Crippen LogP contribution is 2.14.